The molecule has 0 spiro atoms. The van der Waals surface area contributed by atoms with Gasteiger partial charge in [-0.3, -0.25) is 0 Å². The van der Waals surface area contributed by atoms with E-state index in [0.717, 1.165) is 11.4 Å². The molecule has 0 aliphatic rings. The molecule has 3 aromatic heterocycles. The predicted octanol–water partition coefficient (Wildman–Crippen LogP) is 2.80. The van der Waals surface area contributed by atoms with Gasteiger partial charge in [0.25, 0.3) is 17.5 Å². The summed E-state index contributed by atoms with van der Waals surface area (Å²) in [5, 5.41) is 8.53. The van der Waals surface area contributed by atoms with Gasteiger partial charge in [0.1, 0.15) is 0 Å². The highest BCUT2D eigenvalue weighted by Gasteiger charge is 2.18. The van der Waals surface area contributed by atoms with E-state index < -0.39 is 5.97 Å². The lowest BCUT2D eigenvalue weighted by atomic mass is 10.2. The van der Waals surface area contributed by atoms with E-state index in [9.17, 15) is 4.79 Å². The SMILES string of the molecule is Cc1cc(C)n2nc(C(=O)OCc3nc(-c4cccc(Cl)c4)no3)nc2n1. The highest BCUT2D eigenvalue weighted by Crippen LogP contribution is 2.20. The van der Waals surface area contributed by atoms with Gasteiger partial charge in [0.15, 0.2) is 6.61 Å². The Hall–Kier alpha value is -3.33. The van der Waals surface area contributed by atoms with E-state index in [1.54, 1.807) is 24.3 Å². The molecule has 0 aliphatic carbocycles. The third kappa shape index (κ3) is 3.49. The number of rotatable bonds is 4. The van der Waals surface area contributed by atoms with Crippen molar-refractivity contribution in [2.75, 3.05) is 0 Å². The van der Waals surface area contributed by atoms with Gasteiger partial charge in [-0.25, -0.2) is 14.3 Å². The molecule has 0 aliphatic heterocycles. The first-order chi connectivity index (χ1) is 13.0. The minimum Gasteiger partial charge on any atom is -0.450 e. The summed E-state index contributed by atoms with van der Waals surface area (Å²) in [5.41, 5.74) is 2.29. The number of fused-ring (bicyclic) bond motifs is 1. The first kappa shape index (κ1) is 17.1. The molecule has 0 amide bonds. The highest BCUT2D eigenvalue weighted by atomic mass is 35.5. The Morgan fingerprint density at radius 1 is 1.22 bits per heavy atom. The molecule has 10 heteroatoms. The molecule has 27 heavy (non-hydrogen) atoms. The molecule has 0 saturated heterocycles. The van der Waals surface area contributed by atoms with E-state index in [0.29, 0.717) is 22.2 Å². The number of esters is 1. The average molecular weight is 385 g/mol. The van der Waals surface area contributed by atoms with Crippen LogP contribution in [0, 0.1) is 13.8 Å². The molecule has 4 aromatic rings. The van der Waals surface area contributed by atoms with Gasteiger partial charge in [-0.2, -0.15) is 9.97 Å². The Balaban J connectivity index is 1.48. The number of hydrogen-bond acceptors (Lipinski definition) is 8. The molecule has 1 aromatic carbocycles. The zero-order valence-electron chi connectivity index (χ0n) is 14.4. The molecule has 0 bridgehead atoms. The standard InChI is InChI=1S/C17H13ClN6O3/c1-9-6-10(2)24-17(19-9)21-15(22-24)16(25)26-8-13-20-14(23-27-13)11-4-3-5-12(18)7-11/h3-7H,8H2,1-2H3. The third-order valence-corrected chi connectivity index (χ3v) is 3.91. The number of aryl methyl sites for hydroxylation is 2. The van der Waals surface area contributed by atoms with Crippen LogP contribution in [0.4, 0.5) is 0 Å². The molecule has 9 nitrogen and oxygen atoms in total. The summed E-state index contributed by atoms with van der Waals surface area (Å²) in [4.78, 5) is 24.7. The van der Waals surface area contributed by atoms with Crippen LogP contribution in [0.15, 0.2) is 34.9 Å². The fourth-order valence-corrected chi connectivity index (χ4v) is 2.69. The van der Waals surface area contributed by atoms with Crippen molar-refractivity contribution in [1.29, 1.82) is 0 Å². The number of carbonyl (C=O) groups is 1. The summed E-state index contributed by atoms with van der Waals surface area (Å²) in [5.74, 6) is 0.0308. The molecule has 0 N–H and O–H groups in total. The monoisotopic (exact) mass is 384 g/mol. The Kier molecular flexibility index (Phi) is 4.28. The van der Waals surface area contributed by atoms with Crippen molar-refractivity contribution in [1.82, 2.24) is 29.7 Å². The molecular formula is C17H13ClN6O3. The van der Waals surface area contributed by atoms with Crippen LogP contribution in [0.2, 0.25) is 5.02 Å². The molecule has 0 saturated carbocycles. The number of ether oxygens (including phenoxy) is 1. The largest absolute Gasteiger partial charge is 0.450 e. The maximum atomic E-state index is 12.2. The van der Waals surface area contributed by atoms with Crippen molar-refractivity contribution < 1.29 is 14.1 Å². The predicted molar refractivity (Wildman–Crippen MR) is 94.1 cm³/mol. The second kappa shape index (κ2) is 6.76. The van der Waals surface area contributed by atoms with Gasteiger partial charge in [-0.1, -0.05) is 28.9 Å². The van der Waals surface area contributed by atoms with Crippen molar-refractivity contribution in [3.05, 3.63) is 58.5 Å². The Morgan fingerprint density at radius 2 is 2.07 bits per heavy atom. The number of benzene rings is 1. The van der Waals surface area contributed by atoms with E-state index in [4.69, 9.17) is 20.9 Å². The van der Waals surface area contributed by atoms with Gasteiger partial charge in [-0.15, -0.1) is 5.10 Å². The van der Waals surface area contributed by atoms with E-state index in [1.807, 2.05) is 19.9 Å². The van der Waals surface area contributed by atoms with E-state index in [1.165, 1.54) is 4.52 Å². The van der Waals surface area contributed by atoms with Crippen LogP contribution in [0.5, 0.6) is 0 Å². The fourth-order valence-electron chi connectivity index (χ4n) is 2.50. The van der Waals surface area contributed by atoms with Crippen molar-refractivity contribution in [3.8, 4) is 11.4 Å². The zero-order chi connectivity index (χ0) is 19.0. The van der Waals surface area contributed by atoms with Crippen LogP contribution in [0.25, 0.3) is 17.2 Å². The summed E-state index contributed by atoms with van der Waals surface area (Å²) in [6, 6.07) is 8.87. The van der Waals surface area contributed by atoms with E-state index in [2.05, 4.69) is 25.2 Å². The zero-order valence-corrected chi connectivity index (χ0v) is 15.1. The smallest absolute Gasteiger partial charge is 0.378 e. The minimum absolute atomic E-state index is 0.0919. The second-order valence-corrected chi connectivity index (χ2v) is 6.22. The first-order valence-electron chi connectivity index (χ1n) is 7.96. The van der Waals surface area contributed by atoms with E-state index in [-0.39, 0.29) is 18.3 Å². The Labute approximate surface area is 158 Å². The summed E-state index contributed by atoms with van der Waals surface area (Å²) < 4.78 is 11.7. The molecule has 4 rings (SSSR count). The quantitative estimate of drug-likeness (QED) is 0.494. The minimum atomic E-state index is -0.708. The summed E-state index contributed by atoms with van der Waals surface area (Å²) in [6.07, 6.45) is 0. The normalized spacial score (nSPS) is 11.1. The molecular weight excluding hydrogens is 372 g/mol. The van der Waals surface area contributed by atoms with Crippen LogP contribution < -0.4 is 0 Å². The van der Waals surface area contributed by atoms with Gasteiger partial charge >= 0.3 is 5.97 Å². The lowest BCUT2D eigenvalue weighted by Crippen LogP contribution is -2.08. The third-order valence-electron chi connectivity index (χ3n) is 3.68. The number of halogens is 1. The highest BCUT2D eigenvalue weighted by molar-refractivity contribution is 6.30. The van der Waals surface area contributed by atoms with Gasteiger partial charge in [-0.05, 0) is 32.0 Å². The van der Waals surface area contributed by atoms with Crippen LogP contribution in [0.1, 0.15) is 27.9 Å². The van der Waals surface area contributed by atoms with Crippen molar-refractivity contribution >= 4 is 23.3 Å². The van der Waals surface area contributed by atoms with Gasteiger partial charge in [0, 0.05) is 22.0 Å². The number of carbonyl (C=O) groups excluding carboxylic acids is 1. The summed E-state index contributed by atoms with van der Waals surface area (Å²) >= 11 is 5.95. The maximum Gasteiger partial charge on any atom is 0.378 e. The Morgan fingerprint density at radius 3 is 2.89 bits per heavy atom. The first-order valence-corrected chi connectivity index (χ1v) is 8.34. The lowest BCUT2D eigenvalue weighted by Gasteiger charge is -1.97. The topological polar surface area (TPSA) is 108 Å². The average Bonchev–Trinajstić information content (AvgIpc) is 3.26. The number of nitrogens with zero attached hydrogens (tertiary/aromatic N) is 6. The number of aromatic nitrogens is 6. The van der Waals surface area contributed by atoms with E-state index >= 15 is 0 Å². The van der Waals surface area contributed by atoms with Crippen LogP contribution >= 0.6 is 11.6 Å². The fraction of sp³-hybridized carbons (Fsp3) is 0.176. The molecule has 0 unspecified atom stereocenters. The maximum absolute atomic E-state index is 12.2. The molecule has 0 fully saturated rings. The van der Waals surface area contributed by atoms with Gasteiger partial charge in [0.2, 0.25) is 5.82 Å². The lowest BCUT2D eigenvalue weighted by molar-refractivity contribution is 0.0415. The molecule has 3 heterocycles. The molecule has 136 valence electrons. The van der Waals surface area contributed by atoms with Crippen LogP contribution in [0.3, 0.4) is 0 Å². The molecule has 0 atom stereocenters. The molecule has 0 radical (unpaired) electrons. The van der Waals surface area contributed by atoms with Gasteiger partial charge < -0.3 is 9.26 Å². The second-order valence-electron chi connectivity index (χ2n) is 5.78. The van der Waals surface area contributed by atoms with Crippen molar-refractivity contribution in [2.45, 2.75) is 20.5 Å². The number of hydrogen-bond donors (Lipinski definition) is 0. The summed E-state index contributed by atoms with van der Waals surface area (Å²) in [6.45, 7) is 3.49. The van der Waals surface area contributed by atoms with Crippen LogP contribution in [-0.2, 0) is 11.3 Å². The van der Waals surface area contributed by atoms with Crippen molar-refractivity contribution in [2.24, 2.45) is 0 Å². The summed E-state index contributed by atoms with van der Waals surface area (Å²) in [7, 11) is 0. The Bertz CT molecular complexity index is 1150. The van der Waals surface area contributed by atoms with Crippen molar-refractivity contribution in [3.63, 3.8) is 0 Å². The van der Waals surface area contributed by atoms with Gasteiger partial charge in [0.05, 0.1) is 0 Å². The van der Waals surface area contributed by atoms with Crippen LogP contribution in [-0.4, -0.2) is 35.7 Å².